The summed E-state index contributed by atoms with van der Waals surface area (Å²) in [4.78, 5) is 4.61. The SMILES string of the molecule is CCCCCCCC/C=C/CCCCCCCC1=NCC[N+]1(CCO)CC(O)CS(=O)(=O)O. The smallest absolute Gasteiger partial charge is 0.267 e. The van der Waals surface area contributed by atoms with Crippen LogP contribution in [0.15, 0.2) is 17.1 Å². The van der Waals surface area contributed by atoms with E-state index in [4.69, 9.17) is 4.55 Å². The first-order valence-corrected chi connectivity index (χ1v) is 14.7. The maximum atomic E-state index is 11.1. The third kappa shape index (κ3) is 14.3. The molecule has 0 bridgehead atoms. The molecular weight excluding hydrogens is 440 g/mol. The van der Waals surface area contributed by atoms with Crippen LogP contribution in [0.4, 0.5) is 0 Å². The van der Waals surface area contributed by atoms with Gasteiger partial charge < -0.3 is 10.2 Å². The van der Waals surface area contributed by atoms with Crippen molar-refractivity contribution in [1.29, 1.82) is 0 Å². The lowest BCUT2D eigenvalue weighted by molar-refractivity contribution is -0.840. The van der Waals surface area contributed by atoms with E-state index in [2.05, 4.69) is 24.1 Å². The molecule has 1 aliphatic rings. The van der Waals surface area contributed by atoms with Crippen molar-refractivity contribution in [2.45, 2.75) is 103 Å². The molecule has 8 heteroatoms. The van der Waals surface area contributed by atoms with Crippen LogP contribution in [-0.2, 0) is 10.1 Å². The molecule has 1 heterocycles. The topological polar surface area (TPSA) is 107 Å². The lowest BCUT2D eigenvalue weighted by atomic mass is 10.1. The zero-order chi connectivity index (χ0) is 24.4. The van der Waals surface area contributed by atoms with Crippen LogP contribution in [0.2, 0.25) is 0 Å². The molecule has 0 aromatic carbocycles. The van der Waals surface area contributed by atoms with Gasteiger partial charge in [0.2, 0.25) is 0 Å². The predicted octanol–water partition coefficient (Wildman–Crippen LogP) is 4.49. The molecule has 3 N–H and O–H groups in total. The second-order valence-electron chi connectivity index (χ2n) is 9.53. The third-order valence-corrected chi connectivity index (χ3v) is 7.33. The van der Waals surface area contributed by atoms with Crippen LogP contribution in [0, 0.1) is 0 Å². The molecule has 0 saturated carbocycles. The number of allylic oxidation sites excluding steroid dienone is 2. The highest BCUT2D eigenvalue weighted by molar-refractivity contribution is 7.85. The van der Waals surface area contributed by atoms with Crippen molar-refractivity contribution in [3.63, 3.8) is 0 Å². The fourth-order valence-corrected chi connectivity index (χ4v) is 5.33. The van der Waals surface area contributed by atoms with Crippen LogP contribution in [-0.4, -0.2) is 78.1 Å². The van der Waals surface area contributed by atoms with E-state index < -0.39 is 22.0 Å². The van der Waals surface area contributed by atoms with E-state index in [1.807, 2.05) is 0 Å². The van der Waals surface area contributed by atoms with Gasteiger partial charge >= 0.3 is 0 Å². The Morgan fingerprint density at radius 3 is 2.12 bits per heavy atom. The molecule has 1 rings (SSSR count). The number of quaternary nitrogens is 1. The summed E-state index contributed by atoms with van der Waals surface area (Å²) in [6.45, 7) is 4.05. The molecule has 7 nitrogen and oxygen atoms in total. The Balaban J connectivity index is 2.19. The van der Waals surface area contributed by atoms with Gasteiger partial charge in [-0.25, -0.2) is 4.99 Å². The van der Waals surface area contributed by atoms with Crippen molar-refractivity contribution in [2.75, 3.05) is 38.5 Å². The first-order valence-electron chi connectivity index (χ1n) is 13.1. The number of aliphatic hydroxyl groups excluding tert-OH is 2. The molecule has 33 heavy (non-hydrogen) atoms. The average molecular weight is 490 g/mol. The van der Waals surface area contributed by atoms with Gasteiger partial charge in [0, 0.05) is 6.42 Å². The first-order chi connectivity index (χ1) is 15.8. The van der Waals surface area contributed by atoms with Gasteiger partial charge in [0.25, 0.3) is 10.1 Å². The largest absolute Gasteiger partial charge is 0.390 e. The fraction of sp³-hybridized carbons (Fsp3) is 0.880. The molecule has 2 unspecified atom stereocenters. The molecule has 0 saturated heterocycles. The number of rotatable bonds is 21. The van der Waals surface area contributed by atoms with Crippen LogP contribution in [0.1, 0.15) is 96.8 Å². The Morgan fingerprint density at radius 2 is 1.55 bits per heavy atom. The fourth-order valence-electron chi connectivity index (χ4n) is 4.74. The van der Waals surface area contributed by atoms with E-state index in [1.54, 1.807) is 0 Å². The van der Waals surface area contributed by atoms with Crippen molar-refractivity contribution in [1.82, 2.24) is 0 Å². The molecule has 0 spiro atoms. The van der Waals surface area contributed by atoms with Gasteiger partial charge in [-0.1, -0.05) is 70.4 Å². The summed E-state index contributed by atoms with van der Waals surface area (Å²) in [6, 6.07) is 0. The maximum absolute atomic E-state index is 11.1. The number of hydrogen-bond acceptors (Lipinski definition) is 5. The minimum atomic E-state index is -4.23. The molecule has 0 fully saturated rings. The van der Waals surface area contributed by atoms with Crippen LogP contribution >= 0.6 is 0 Å². The maximum Gasteiger partial charge on any atom is 0.267 e. The highest BCUT2D eigenvalue weighted by atomic mass is 32.2. The number of unbranched alkanes of at least 4 members (excludes halogenated alkanes) is 11. The number of nitrogens with zero attached hydrogens (tertiary/aromatic N) is 2. The second-order valence-corrected chi connectivity index (χ2v) is 11.0. The normalized spacial score (nSPS) is 19.9. The first kappa shape index (κ1) is 30.2. The number of aliphatic imine (C=N–C) groups is 1. The van der Waals surface area contributed by atoms with Crippen molar-refractivity contribution in [3.8, 4) is 0 Å². The van der Waals surface area contributed by atoms with Gasteiger partial charge in [0.05, 0.1) is 13.2 Å². The van der Waals surface area contributed by atoms with E-state index in [1.165, 1.54) is 64.2 Å². The minimum absolute atomic E-state index is 0.0516. The Hall–Kier alpha value is -0.800. The van der Waals surface area contributed by atoms with Crippen molar-refractivity contribution >= 4 is 16.0 Å². The Labute approximate surface area is 202 Å². The summed E-state index contributed by atoms with van der Waals surface area (Å²) in [5, 5.41) is 19.7. The molecule has 0 radical (unpaired) electrons. The van der Waals surface area contributed by atoms with E-state index in [-0.39, 0.29) is 13.2 Å². The lowest BCUT2D eigenvalue weighted by Crippen LogP contribution is -2.57. The van der Waals surface area contributed by atoms with Gasteiger partial charge in [0.1, 0.15) is 31.5 Å². The molecular formula is C25H49N2O5S+. The molecule has 0 aliphatic carbocycles. The zero-order valence-electron chi connectivity index (χ0n) is 20.8. The van der Waals surface area contributed by atoms with Crippen LogP contribution in [0.25, 0.3) is 0 Å². The summed E-state index contributed by atoms with van der Waals surface area (Å²) in [5.41, 5.74) is 0. The molecule has 0 aromatic heterocycles. The Bertz CT molecular complexity index is 666. The predicted molar refractivity (Wildman–Crippen MR) is 136 cm³/mol. The third-order valence-electron chi connectivity index (χ3n) is 6.52. The van der Waals surface area contributed by atoms with E-state index >= 15 is 0 Å². The molecule has 0 amide bonds. The van der Waals surface area contributed by atoms with Crippen LogP contribution in [0.5, 0.6) is 0 Å². The van der Waals surface area contributed by atoms with E-state index in [0.717, 1.165) is 31.5 Å². The van der Waals surface area contributed by atoms with Gasteiger partial charge in [-0.2, -0.15) is 8.42 Å². The molecule has 2 atom stereocenters. The van der Waals surface area contributed by atoms with E-state index in [9.17, 15) is 18.6 Å². The standard InChI is InChI=1S/C25H48N2O5S/c1-2-3-4-5-6-7-8-9-10-11-12-13-14-15-16-17-25-26-18-19-27(25,20-21-28)22-24(29)23-33(30,31)32/h9-10,24,28-29H,2-8,11-23H2,1H3/p+1/b10-9+. The summed E-state index contributed by atoms with van der Waals surface area (Å²) < 4.78 is 31.5. The zero-order valence-corrected chi connectivity index (χ0v) is 21.7. The van der Waals surface area contributed by atoms with Crippen LogP contribution in [0.3, 0.4) is 0 Å². The summed E-state index contributed by atoms with van der Waals surface area (Å²) >= 11 is 0. The number of hydrogen-bond donors (Lipinski definition) is 3. The lowest BCUT2D eigenvalue weighted by Gasteiger charge is -2.35. The second kappa shape index (κ2) is 17.6. The van der Waals surface area contributed by atoms with Crippen molar-refractivity contribution < 1.29 is 27.7 Å². The monoisotopic (exact) mass is 489 g/mol. The van der Waals surface area contributed by atoms with Gasteiger partial charge in [-0.15, -0.1) is 0 Å². The molecule has 1 aliphatic heterocycles. The summed E-state index contributed by atoms with van der Waals surface area (Å²) in [5.74, 6) is 0.259. The minimum Gasteiger partial charge on any atom is -0.390 e. The van der Waals surface area contributed by atoms with Crippen molar-refractivity contribution in [2.24, 2.45) is 4.99 Å². The van der Waals surface area contributed by atoms with Gasteiger partial charge in [-0.3, -0.25) is 9.04 Å². The molecule has 0 aromatic rings. The quantitative estimate of drug-likeness (QED) is 0.0953. The number of aliphatic hydroxyl groups is 2. The van der Waals surface area contributed by atoms with Gasteiger partial charge in [0.15, 0.2) is 5.84 Å². The number of amidine groups is 1. The highest BCUT2D eigenvalue weighted by Gasteiger charge is 2.39. The Morgan fingerprint density at radius 1 is 0.970 bits per heavy atom. The summed E-state index contributed by atoms with van der Waals surface area (Å²) in [7, 11) is -4.23. The summed E-state index contributed by atoms with van der Waals surface area (Å²) in [6.07, 6.45) is 20.5. The van der Waals surface area contributed by atoms with Crippen LogP contribution < -0.4 is 0 Å². The van der Waals surface area contributed by atoms with Crippen molar-refractivity contribution in [3.05, 3.63) is 12.2 Å². The Kier molecular flexibility index (Phi) is 16.1. The van der Waals surface area contributed by atoms with E-state index in [0.29, 0.717) is 24.1 Å². The molecule has 194 valence electrons. The van der Waals surface area contributed by atoms with Gasteiger partial charge in [-0.05, 0) is 32.1 Å². The highest BCUT2D eigenvalue weighted by Crippen LogP contribution is 2.21. The average Bonchev–Trinajstić information content (AvgIpc) is 3.11.